The molecule has 0 amide bonds. The Hall–Kier alpha value is -3.11. The van der Waals surface area contributed by atoms with E-state index >= 15 is 0 Å². The predicted octanol–water partition coefficient (Wildman–Crippen LogP) is 6.24. The van der Waals surface area contributed by atoms with E-state index in [4.69, 9.17) is 14.6 Å². The van der Waals surface area contributed by atoms with Crippen molar-refractivity contribution in [1.29, 1.82) is 0 Å². The summed E-state index contributed by atoms with van der Waals surface area (Å²) in [7, 11) is 0. The molecule has 3 aromatic rings. The fourth-order valence-electron chi connectivity index (χ4n) is 4.27. The van der Waals surface area contributed by atoms with Gasteiger partial charge in [-0.05, 0) is 79.2 Å². The maximum Gasteiger partial charge on any atom is 0.290 e. The van der Waals surface area contributed by atoms with Crippen LogP contribution in [0, 0.1) is 13.8 Å². The fraction of sp³-hybridized carbons (Fsp3) is 0.321. The van der Waals surface area contributed by atoms with Crippen LogP contribution in [-0.4, -0.2) is 29.6 Å². The molecule has 3 aromatic carbocycles. The van der Waals surface area contributed by atoms with Crippen LogP contribution in [-0.2, 0) is 17.9 Å². The number of hydrogen-bond donors (Lipinski definition) is 1. The van der Waals surface area contributed by atoms with Gasteiger partial charge in [0.25, 0.3) is 6.47 Å². The number of piperidine rings is 1. The van der Waals surface area contributed by atoms with Gasteiger partial charge in [-0.2, -0.15) is 0 Å². The molecule has 0 radical (unpaired) electrons. The molecule has 0 saturated carbocycles. The predicted molar refractivity (Wildman–Crippen MR) is 130 cm³/mol. The first-order valence-corrected chi connectivity index (χ1v) is 11.3. The van der Waals surface area contributed by atoms with Gasteiger partial charge in [-0.25, -0.2) is 0 Å². The van der Waals surface area contributed by atoms with Gasteiger partial charge in [-0.3, -0.25) is 9.69 Å². The highest BCUT2D eigenvalue weighted by molar-refractivity contribution is 5.68. The monoisotopic (exact) mass is 431 g/mol. The molecule has 32 heavy (non-hydrogen) atoms. The van der Waals surface area contributed by atoms with Gasteiger partial charge in [0.05, 0.1) is 0 Å². The molecule has 4 heteroatoms. The van der Waals surface area contributed by atoms with Crippen LogP contribution >= 0.6 is 0 Å². The SMILES string of the molecule is Cc1cc(CN2CCCCC2)ccc1OCc1cccc(-c2ccccc2)c1C.O=CO. The lowest BCUT2D eigenvalue weighted by Gasteiger charge is -2.26. The Labute approximate surface area is 191 Å². The van der Waals surface area contributed by atoms with Gasteiger partial charge < -0.3 is 9.84 Å². The summed E-state index contributed by atoms with van der Waals surface area (Å²) in [6.07, 6.45) is 4.05. The number of likely N-dealkylation sites (tertiary alicyclic amines) is 1. The lowest BCUT2D eigenvalue weighted by atomic mass is 9.97. The Bertz CT molecular complexity index is 995. The Morgan fingerprint density at radius 2 is 1.66 bits per heavy atom. The van der Waals surface area contributed by atoms with Gasteiger partial charge in [0.1, 0.15) is 12.4 Å². The number of hydrogen-bond acceptors (Lipinski definition) is 3. The van der Waals surface area contributed by atoms with Crippen molar-refractivity contribution >= 4 is 6.47 Å². The molecule has 1 fully saturated rings. The summed E-state index contributed by atoms with van der Waals surface area (Å²) < 4.78 is 6.23. The molecule has 0 aliphatic carbocycles. The molecule has 0 spiro atoms. The Kier molecular flexibility index (Phi) is 8.88. The lowest BCUT2D eigenvalue weighted by Crippen LogP contribution is -2.29. The molecule has 0 unspecified atom stereocenters. The van der Waals surface area contributed by atoms with E-state index in [-0.39, 0.29) is 6.47 Å². The van der Waals surface area contributed by atoms with Crippen molar-refractivity contribution in [3.63, 3.8) is 0 Å². The third kappa shape index (κ3) is 6.44. The van der Waals surface area contributed by atoms with Crippen LogP contribution in [0.25, 0.3) is 11.1 Å². The van der Waals surface area contributed by atoms with Crippen molar-refractivity contribution in [2.24, 2.45) is 0 Å². The number of rotatable bonds is 6. The maximum absolute atomic E-state index is 8.36. The topological polar surface area (TPSA) is 49.8 Å². The summed E-state index contributed by atoms with van der Waals surface area (Å²) in [5.41, 5.74) is 7.67. The van der Waals surface area contributed by atoms with Crippen LogP contribution < -0.4 is 4.74 Å². The number of benzene rings is 3. The molecular formula is C28H33NO3. The van der Waals surface area contributed by atoms with Crippen LogP contribution in [0.4, 0.5) is 0 Å². The zero-order chi connectivity index (χ0) is 22.8. The van der Waals surface area contributed by atoms with Crippen LogP contribution in [0.5, 0.6) is 5.75 Å². The highest BCUT2D eigenvalue weighted by Gasteiger charge is 2.12. The van der Waals surface area contributed by atoms with Crippen LogP contribution in [0.15, 0.2) is 66.7 Å². The first-order chi connectivity index (χ1) is 15.6. The van der Waals surface area contributed by atoms with Gasteiger partial charge in [0.2, 0.25) is 0 Å². The minimum absolute atomic E-state index is 0.250. The summed E-state index contributed by atoms with van der Waals surface area (Å²) in [6, 6.07) is 23.7. The number of nitrogens with zero attached hydrogens (tertiary/aromatic N) is 1. The average molecular weight is 432 g/mol. The van der Waals surface area contributed by atoms with E-state index in [1.54, 1.807) is 0 Å². The number of ether oxygens (including phenoxy) is 1. The second kappa shape index (κ2) is 12.1. The molecule has 4 rings (SSSR count). The van der Waals surface area contributed by atoms with Gasteiger partial charge in [0.15, 0.2) is 0 Å². The third-order valence-electron chi connectivity index (χ3n) is 6.01. The number of aryl methyl sites for hydroxylation is 1. The van der Waals surface area contributed by atoms with Crippen molar-refractivity contribution < 1.29 is 14.6 Å². The summed E-state index contributed by atoms with van der Waals surface area (Å²) in [4.78, 5) is 10.9. The van der Waals surface area contributed by atoms with Crippen molar-refractivity contribution in [3.05, 3.63) is 89.0 Å². The molecule has 4 nitrogen and oxygen atoms in total. The van der Waals surface area contributed by atoms with E-state index in [9.17, 15) is 0 Å². The summed E-state index contributed by atoms with van der Waals surface area (Å²) in [5.74, 6) is 0.983. The number of carboxylic acid groups (broad SMARTS) is 1. The molecule has 1 saturated heterocycles. The van der Waals surface area contributed by atoms with Crippen molar-refractivity contribution in [2.75, 3.05) is 13.1 Å². The average Bonchev–Trinajstić information content (AvgIpc) is 2.81. The molecule has 0 aromatic heterocycles. The minimum atomic E-state index is -0.250. The first-order valence-electron chi connectivity index (χ1n) is 11.3. The van der Waals surface area contributed by atoms with E-state index in [0.717, 1.165) is 12.3 Å². The third-order valence-corrected chi connectivity index (χ3v) is 6.01. The molecular weight excluding hydrogens is 398 g/mol. The highest BCUT2D eigenvalue weighted by atomic mass is 16.5. The maximum atomic E-state index is 8.36. The Morgan fingerprint density at radius 1 is 0.938 bits per heavy atom. The Balaban J connectivity index is 0.000000913. The fourth-order valence-corrected chi connectivity index (χ4v) is 4.27. The molecule has 0 bridgehead atoms. The van der Waals surface area contributed by atoms with E-state index in [0.29, 0.717) is 6.61 Å². The smallest absolute Gasteiger partial charge is 0.290 e. The van der Waals surface area contributed by atoms with E-state index < -0.39 is 0 Å². The molecule has 1 N–H and O–H groups in total. The standard InChI is InChI=1S/C27H31NO.CH2O2/c1-21-18-23(19-28-16-7-4-8-17-28)14-15-27(21)29-20-25-12-9-13-26(22(25)2)24-10-5-3-6-11-24;2-1-3/h3,5-6,9-15,18H,4,7-8,16-17,19-20H2,1-2H3;1H,(H,2,3). The van der Waals surface area contributed by atoms with Crippen LogP contribution in [0.2, 0.25) is 0 Å². The van der Waals surface area contributed by atoms with Gasteiger partial charge in [-0.15, -0.1) is 0 Å². The van der Waals surface area contributed by atoms with Crippen molar-refractivity contribution in [1.82, 2.24) is 4.90 Å². The first kappa shape index (κ1) is 23.6. The molecule has 0 atom stereocenters. The highest BCUT2D eigenvalue weighted by Crippen LogP contribution is 2.27. The summed E-state index contributed by atoms with van der Waals surface area (Å²) in [6.45, 7) is 8.21. The second-order valence-electron chi connectivity index (χ2n) is 8.29. The van der Waals surface area contributed by atoms with Crippen LogP contribution in [0.1, 0.15) is 41.5 Å². The minimum Gasteiger partial charge on any atom is -0.489 e. The van der Waals surface area contributed by atoms with E-state index in [1.807, 2.05) is 0 Å². The molecule has 1 aliphatic heterocycles. The normalized spacial score (nSPS) is 13.7. The van der Waals surface area contributed by atoms with Crippen molar-refractivity contribution in [3.8, 4) is 16.9 Å². The zero-order valence-corrected chi connectivity index (χ0v) is 19.1. The Morgan fingerprint density at radius 3 is 2.34 bits per heavy atom. The van der Waals surface area contributed by atoms with E-state index in [2.05, 4.69) is 85.5 Å². The quantitative estimate of drug-likeness (QED) is 0.470. The van der Waals surface area contributed by atoms with Gasteiger partial charge >= 0.3 is 0 Å². The molecule has 1 aliphatic rings. The van der Waals surface area contributed by atoms with Gasteiger partial charge in [0, 0.05) is 6.54 Å². The molecule has 168 valence electrons. The largest absolute Gasteiger partial charge is 0.489 e. The second-order valence-corrected chi connectivity index (χ2v) is 8.29. The summed E-state index contributed by atoms with van der Waals surface area (Å²) >= 11 is 0. The molecule has 1 heterocycles. The summed E-state index contributed by atoms with van der Waals surface area (Å²) in [5, 5.41) is 6.89. The number of carbonyl (C=O) groups is 1. The lowest BCUT2D eigenvalue weighted by molar-refractivity contribution is -0.122. The van der Waals surface area contributed by atoms with E-state index in [1.165, 1.54) is 65.7 Å². The van der Waals surface area contributed by atoms with Crippen molar-refractivity contribution in [2.45, 2.75) is 46.3 Å². The zero-order valence-electron chi connectivity index (χ0n) is 19.1. The van der Waals surface area contributed by atoms with Crippen LogP contribution in [0.3, 0.4) is 0 Å². The van der Waals surface area contributed by atoms with Gasteiger partial charge in [-0.1, -0.05) is 67.1 Å².